The minimum atomic E-state index is -0.0301. The van der Waals surface area contributed by atoms with Crippen LogP contribution >= 0.6 is 0 Å². The fourth-order valence-electron chi connectivity index (χ4n) is 2.92. The highest BCUT2D eigenvalue weighted by molar-refractivity contribution is 6.03. The highest BCUT2D eigenvalue weighted by Crippen LogP contribution is 2.19. The first-order valence-electron chi connectivity index (χ1n) is 8.60. The van der Waals surface area contributed by atoms with Crippen molar-refractivity contribution < 1.29 is 9.53 Å². The zero-order valence-corrected chi connectivity index (χ0v) is 14.7. The Balaban J connectivity index is 1.59. The van der Waals surface area contributed by atoms with Crippen molar-refractivity contribution in [1.82, 2.24) is 19.4 Å². The Morgan fingerprint density at radius 2 is 2.00 bits per heavy atom. The standard InChI is InChI=1S/C18H26N4O2/c1-14(2)18(23)16-12-19-22-13-15(4-5-17(16)22)24-11-10-21-8-6-20(3)7-9-21/h4-5,12-14H,6-11H2,1-3H3. The van der Waals surface area contributed by atoms with Crippen LogP contribution in [0.25, 0.3) is 5.52 Å². The number of hydrogen-bond donors (Lipinski definition) is 0. The number of Topliss-reactive ketones (excluding diaryl/α,β-unsaturated/α-hetero) is 1. The summed E-state index contributed by atoms with van der Waals surface area (Å²) >= 11 is 0. The summed E-state index contributed by atoms with van der Waals surface area (Å²) in [6.07, 6.45) is 3.49. The maximum Gasteiger partial charge on any atom is 0.169 e. The number of hydrogen-bond acceptors (Lipinski definition) is 5. The van der Waals surface area contributed by atoms with Crippen molar-refractivity contribution in [1.29, 1.82) is 0 Å². The van der Waals surface area contributed by atoms with Gasteiger partial charge in [-0.15, -0.1) is 0 Å². The third-order valence-electron chi connectivity index (χ3n) is 4.55. The number of pyridine rings is 1. The van der Waals surface area contributed by atoms with E-state index in [1.54, 1.807) is 10.7 Å². The Kier molecular flexibility index (Phi) is 5.16. The van der Waals surface area contributed by atoms with Crippen molar-refractivity contribution in [2.45, 2.75) is 13.8 Å². The van der Waals surface area contributed by atoms with Crippen LogP contribution in [0.3, 0.4) is 0 Å². The molecule has 2 aromatic rings. The molecule has 0 N–H and O–H groups in total. The van der Waals surface area contributed by atoms with Gasteiger partial charge in [0.05, 0.1) is 23.5 Å². The Hall–Kier alpha value is -1.92. The van der Waals surface area contributed by atoms with E-state index in [1.165, 1.54) is 0 Å². The van der Waals surface area contributed by atoms with E-state index in [9.17, 15) is 4.79 Å². The molecule has 6 nitrogen and oxygen atoms in total. The van der Waals surface area contributed by atoms with Crippen LogP contribution in [0.1, 0.15) is 24.2 Å². The zero-order valence-electron chi connectivity index (χ0n) is 14.7. The lowest BCUT2D eigenvalue weighted by atomic mass is 10.0. The number of fused-ring (bicyclic) bond motifs is 1. The van der Waals surface area contributed by atoms with Gasteiger partial charge in [-0.25, -0.2) is 4.52 Å². The lowest BCUT2D eigenvalue weighted by Gasteiger charge is -2.32. The monoisotopic (exact) mass is 330 g/mol. The van der Waals surface area contributed by atoms with Crippen LogP contribution in [0.4, 0.5) is 0 Å². The summed E-state index contributed by atoms with van der Waals surface area (Å²) in [6.45, 7) is 9.83. The second-order valence-corrected chi connectivity index (χ2v) is 6.77. The molecule has 1 aliphatic heterocycles. The number of likely N-dealkylation sites (N-methyl/N-ethyl adjacent to an activating group) is 1. The maximum atomic E-state index is 12.2. The third-order valence-corrected chi connectivity index (χ3v) is 4.55. The quantitative estimate of drug-likeness (QED) is 0.756. The number of carbonyl (C=O) groups excluding carboxylic acids is 1. The van der Waals surface area contributed by atoms with Crippen molar-refractivity contribution in [3.8, 4) is 5.75 Å². The number of ether oxygens (including phenoxy) is 1. The maximum absolute atomic E-state index is 12.2. The van der Waals surface area contributed by atoms with E-state index in [0.29, 0.717) is 12.2 Å². The van der Waals surface area contributed by atoms with Crippen LogP contribution in [-0.4, -0.2) is 71.6 Å². The highest BCUT2D eigenvalue weighted by atomic mass is 16.5. The summed E-state index contributed by atoms with van der Waals surface area (Å²) in [5.41, 5.74) is 1.51. The fourth-order valence-corrected chi connectivity index (χ4v) is 2.92. The molecule has 0 radical (unpaired) electrons. The summed E-state index contributed by atoms with van der Waals surface area (Å²) < 4.78 is 7.58. The summed E-state index contributed by atoms with van der Waals surface area (Å²) in [5, 5.41) is 4.29. The molecule has 0 atom stereocenters. The molecular formula is C18H26N4O2. The van der Waals surface area contributed by atoms with Crippen LogP contribution in [0.2, 0.25) is 0 Å². The van der Waals surface area contributed by atoms with Crippen molar-refractivity contribution in [3.63, 3.8) is 0 Å². The first-order chi connectivity index (χ1) is 11.5. The summed E-state index contributed by atoms with van der Waals surface area (Å²) in [4.78, 5) is 16.9. The molecule has 0 bridgehead atoms. The second kappa shape index (κ2) is 7.32. The largest absolute Gasteiger partial charge is 0.491 e. The molecule has 1 saturated heterocycles. The second-order valence-electron chi connectivity index (χ2n) is 6.77. The third kappa shape index (κ3) is 3.76. The molecule has 130 valence electrons. The number of rotatable bonds is 6. The van der Waals surface area contributed by atoms with Crippen LogP contribution in [0.5, 0.6) is 5.75 Å². The van der Waals surface area contributed by atoms with Gasteiger partial charge in [-0.1, -0.05) is 13.8 Å². The first kappa shape index (κ1) is 16.9. The number of nitrogens with zero attached hydrogens (tertiary/aromatic N) is 4. The number of piperazine rings is 1. The molecular weight excluding hydrogens is 304 g/mol. The van der Waals surface area contributed by atoms with Crippen LogP contribution < -0.4 is 4.74 Å². The van der Waals surface area contributed by atoms with E-state index in [0.717, 1.165) is 44.0 Å². The zero-order chi connectivity index (χ0) is 17.1. The van der Waals surface area contributed by atoms with Crippen molar-refractivity contribution >= 4 is 11.3 Å². The van der Waals surface area contributed by atoms with E-state index >= 15 is 0 Å². The molecule has 0 unspecified atom stereocenters. The predicted octanol–water partition coefficient (Wildman–Crippen LogP) is 1.80. The molecule has 2 aromatic heterocycles. The van der Waals surface area contributed by atoms with E-state index in [-0.39, 0.29) is 11.7 Å². The molecule has 24 heavy (non-hydrogen) atoms. The van der Waals surface area contributed by atoms with Gasteiger partial charge >= 0.3 is 0 Å². The fraction of sp³-hybridized carbons (Fsp3) is 0.556. The minimum absolute atomic E-state index is 0.0301. The lowest BCUT2D eigenvalue weighted by Crippen LogP contribution is -2.45. The van der Waals surface area contributed by atoms with Crippen molar-refractivity contribution in [2.24, 2.45) is 5.92 Å². The average Bonchev–Trinajstić information content (AvgIpc) is 2.99. The van der Waals surface area contributed by atoms with Crippen molar-refractivity contribution in [2.75, 3.05) is 46.4 Å². The minimum Gasteiger partial charge on any atom is -0.491 e. The van der Waals surface area contributed by atoms with Gasteiger partial charge in [0.15, 0.2) is 5.78 Å². The Morgan fingerprint density at radius 3 is 2.71 bits per heavy atom. The van der Waals surface area contributed by atoms with Gasteiger partial charge in [-0.05, 0) is 19.2 Å². The van der Waals surface area contributed by atoms with Gasteiger partial charge in [-0.3, -0.25) is 9.69 Å². The Morgan fingerprint density at radius 1 is 1.25 bits per heavy atom. The van der Waals surface area contributed by atoms with Crippen LogP contribution in [-0.2, 0) is 0 Å². The number of carbonyl (C=O) groups is 1. The van der Waals surface area contributed by atoms with E-state index < -0.39 is 0 Å². The topological polar surface area (TPSA) is 50.1 Å². The SMILES string of the molecule is CC(C)C(=O)c1cnn2cc(OCCN3CCN(C)CC3)ccc12. The molecule has 0 aromatic carbocycles. The molecule has 0 saturated carbocycles. The van der Waals surface area contributed by atoms with Gasteiger partial charge in [0.1, 0.15) is 12.4 Å². The summed E-state index contributed by atoms with van der Waals surface area (Å²) in [7, 11) is 2.16. The molecule has 1 aliphatic rings. The van der Waals surface area contributed by atoms with Gasteiger partial charge in [-0.2, -0.15) is 5.10 Å². The summed E-state index contributed by atoms with van der Waals surface area (Å²) in [6, 6.07) is 3.83. The molecule has 6 heteroatoms. The van der Waals surface area contributed by atoms with Gasteiger partial charge in [0, 0.05) is 38.6 Å². The normalized spacial score (nSPS) is 16.8. The van der Waals surface area contributed by atoms with Gasteiger partial charge < -0.3 is 9.64 Å². The van der Waals surface area contributed by atoms with Crippen molar-refractivity contribution in [3.05, 3.63) is 30.1 Å². The Labute approximate surface area is 143 Å². The number of aromatic nitrogens is 2. The molecule has 0 spiro atoms. The molecule has 0 aliphatic carbocycles. The van der Waals surface area contributed by atoms with E-state index in [1.807, 2.05) is 32.2 Å². The first-order valence-corrected chi connectivity index (χ1v) is 8.60. The molecule has 3 heterocycles. The Bertz CT molecular complexity index is 702. The van der Waals surface area contributed by atoms with Gasteiger partial charge in [0.2, 0.25) is 0 Å². The van der Waals surface area contributed by atoms with Gasteiger partial charge in [0.25, 0.3) is 0 Å². The van der Waals surface area contributed by atoms with Crippen LogP contribution in [0, 0.1) is 5.92 Å². The number of ketones is 1. The lowest BCUT2D eigenvalue weighted by molar-refractivity contribution is 0.0941. The van der Waals surface area contributed by atoms with E-state index in [4.69, 9.17) is 4.74 Å². The van der Waals surface area contributed by atoms with Crippen LogP contribution in [0.15, 0.2) is 24.5 Å². The molecule has 3 rings (SSSR count). The highest BCUT2D eigenvalue weighted by Gasteiger charge is 2.16. The smallest absolute Gasteiger partial charge is 0.169 e. The van der Waals surface area contributed by atoms with E-state index in [2.05, 4.69) is 21.9 Å². The average molecular weight is 330 g/mol. The predicted molar refractivity (Wildman–Crippen MR) is 93.8 cm³/mol. The molecule has 0 amide bonds. The molecule has 1 fully saturated rings. The summed E-state index contributed by atoms with van der Waals surface area (Å²) in [5.74, 6) is 0.870.